The molecule has 2 atom stereocenters. The van der Waals surface area contributed by atoms with Crippen molar-refractivity contribution in [2.45, 2.75) is 25.4 Å². The van der Waals surface area contributed by atoms with E-state index >= 15 is 0 Å². The van der Waals surface area contributed by atoms with Crippen LogP contribution in [0.3, 0.4) is 0 Å². The van der Waals surface area contributed by atoms with Gasteiger partial charge in [-0.15, -0.1) is 0 Å². The zero-order valence-electron chi connectivity index (χ0n) is 10.8. The first-order chi connectivity index (χ1) is 8.29. The first kappa shape index (κ1) is 13.3. The summed E-state index contributed by atoms with van der Waals surface area (Å²) in [6.07, 6.45) is 3.07. The molecule has 2 heterocycles. The van der Waals surface area contributed by atoms with Crippen LogP contribution in [0.2, 0.25) is 0 Å². The second-order valence-electron chi connectivity index (χ2n) is 5.39. The Kier molecular flexibility index (Phi) is 5.22. The fourth-order valence-corrected chi connectivity index (χ4v) is 2.86. The summed E-state index contributed by atoms with van der Waals surface area (Å²) in [5.41, 5.74) is 0. The number of aliphatic hydroxyl groups is 1. The summed E-state index contributed by atoms with van der Waals surface area (Å²) in [6, 6.07) is 0. The predicted octanol–water partition coefficient (Wildman–Crippen LogP) is 0.742. The molecule has 4 nitrogen and oxygen atoms in total. The van der Waals surface area contributed by atoms with Crippen LogP contribution in [0.4, 0.5) is 0 Å². The van der Waals surface area contributed by atoms with Crippen LogP contribution in [-0.2, 0) is 9.47 Å². The Bertz CT molecular complexity index is 217. The molecule has 0 aromatic rings. The molecule has 2 rings (SSSR count). The van der Waals surface area contributed by atoms with Crippen molar-refractivity contribution in [3.05, 3.63) is 0 Å². The summed E-state index contributed by atoms with van der Waals surface area (Å²) in [5, 5.41) is 9.91. The highest BCUT2D eigenvalue weighted by Crippen LogP contribution is 2.21. The van der Waals surface area contributed by atoms with Crippen molar-refractivity contribution in [3.8, 4) is 0 Å². The number of hydrogen-bond donors (Lipinski definition) is 1. The Balaban J connectivity index is 1.70. The van der Waals surface area contributed by atoms with Crippen LogP contribution in [0, 0.1) is 11.8 Å². The van der Waals surface area contributed by atoms with E-state index in [4.69, 9.17) is 9.47 Å². The molecular weight excluding hydrogens is 218 g/mol. The number of nitrogens with zero attached hydrogens (tertiary/aromatic N) is 1. The lowest BCUT2D eigenvalue weighted by molar-refractivity contribution is -0.0500. The van der Waals surface area contributed by atoms with E-state index in [1.807, 2.05) is 0 Å². The monoisotopic (exact) mass is 243 g/mol. The zero-order valence-corrected chi connectivity index (χ0v) is 10.8. The molecule has 0 radical (unpaired) electrons. The molecule has 17 heavy (non-hydrogen) atoms. The SMILES string of the molecule is COCC1CCN(CC2COCCC2O)CC1. The Morgan fingerprint density at radius 2 is 2.06 bits per heavy atom. The van der Waals surface area contributed by atoms with E-state index in [9.17, 15) is 5.11 Å². The van der Waals surface area contributed by atoms with Gasteiger partial charge in [0.1, 0.15) is 0 Å². The first-order valence-corrected chi connectivity index (χ1v) is 6.76. The summed E-state index contributed by atoms with van der Waals surface area (Å²) >= 11 is 0. The van der Waals surface area contributed by atoms with Gasteiger partial charge in [-0.2, -0.15) is 0 Å². The highest BCUT2D eigenvalue weighted by Gasteiger charge is 2.27. The van der Waals surface area contributed by atoms with Gasteiger partial charge < -0.3 is 19.5 Å². The average Bonchev–Trinajstić information content (AvgIpc) is 2.35. The normalized spacial score (nSPS) is 32.8. The van der Waals surface area contributed by atoms with Crippen LogP contribution < -0.4 is 0 Å². The Labute approximate surface area is 104 Å². The maximum atomic E-state index is 9.91. The molecule has 0 aromatic heterocycles. The third kappa shape index (κ3) is 3.91. The van der Waals surface area contributed by atoms with E-state index in [-0.39, 0.29) is 6.10 Å². The van der Waals surface area contributed by atoms with Crippen LogP contribution in [0.15, 0.2) is 0 Å². The van der Waals surface area contributed by atoms with Crippen LogP contribution in [0.5, 0.6) is 0 Å². The summed E-state index contributed by atoms with van der Waals surface area (Å²) in [7, 11) is 1.78. The molecular formula is C13H25NO3. The Morgan fingerprint density at radius 1 is 1.29 bits per heavy atom. The lowest BCUT2D eigenvalue weighted by Crippen LogP contribution is -2.44. The minimum absolute atomic E-state index is 0.166. The third-order valence-electron chi connectivity index (χ3n) is 4.04. The number of ether oxygens (including phenoxy) is 2. The van der Waals surface area contributed by atoms with E-state index in [1.54, 1.807) is 7.11 Å². The highest BCUT2D eigenvalue weighted by atomic mass is 16.5. The minimum atomic E-state index is -0.166. The standard InChI is InChI=1S/C13H25NO3/c1-16-9-11-2-5-14(6-3-11)8-12-10-17-7-4-13(12)15/h11-13,15H,2-10H2,1H3. The fourth-order valence-electron chi connectivity index (χ4n) is 2.86. The van der Waals surface area contributed by atoms with Gasteiger partial charge in [0.05, 0.1) is 12.7 Å². The minimum Gasteiger partial charge on any atom is -0.393 e. The van der Waals surface area contributed by atoms with E-state index in [2.05, 4.69) is 4.90 Å². The van der Waals surface area contributed by atoms with Gasteiger partial charge in [0.25, 0.3) is 0 Å². The van der Waals surface area contributed by atoms with E-state index in [1.165, 1.54) is 12.8 Å². The lowest BCUT2D eigenvalue weighted by Gasteiger charge is -2.36. The maximum absolute atomic E-state index is 9.91. The van der Waals surface area contributed by atoms with Crippen molar-refractivity contribution in [1.82, 2.24) is 4.90 Å². The number of aliphatic hydroxyl groups excluding tert-OH is 1. The van der Waals surface area contributed by atoms with Gasteiger partial charge in [-0.3, -0.25) is 0 Å². The number of rotatable bonds is 4. The Hall–Kier alpha value is -0.160. The van der Waals surface area contributed by atoms with Crippen molar-refractivity contribution >= 4 is 0 Å². The second kappa shape index (κ2) is 6.69. The molecule has 1 N–H and O–H groups in total. The van der Waals surface area contributed by atoms with Gasteiger partial charge in [-0.05, 0) is 38.3 Å². The molecule has 2 aliphatic rings. The van der Waals surface area contributed by atoms with Crippen LogP contribution in [0.25, 0.3) is 0 Å². The van der Waals surface area contributed by atoms with Crippen LogP contribution in [0.1, 0.15) is 19.3 Å². The largest absolute Gasteiger partial charge is 0.393 e. The van der Waals surface area contributed by atoms with Crippen molar-refractivity contribution in [2.24, 2.45) is 11.8 Å². The van der Waals surface area contributed by atoms with Crippen molar-refractivity contribution < 1.29 is 14.6 Å². The first-order valence-electron chi connectivity index (χ1n) is 6.76. The number of methoxy groups -OCH3 is 1. The highest BCUT2D eigenvalue weighted by molar-refractivity contribution is 4.79. The van der Waals surface area contributed by atoms with E-state index < -0.39 is 0 Å². The van der Waals surface area contributed by atoms with Crippen molar-refractivity contribution in [1.29, 1.82) is 0 Å². The fraction of sp³-hybridized carbons (Fsp3) is 1.00. The molecule has 2 saturated heterocycles. The predicted molar refractivity (Wildman–Crippen MR) is 66.0 cm³/mol. The molecule has 2 fully saturated rings. The van der Waals surface area contributed by atoms with Gasteiger partial charge in [-0.1, -0.05) is 0 Å². The maximum Gasteiger partial charge on any atom is 0.0624 e. The molecule has 2 unspecified atom stereocenters. The lowest BCUT2D eigenvalue weighted by atomic mass is 9.94. The van der Waals surface area contributed by atoms with Gasteiger partial charge >= 0.3 is 0 Å². The molecule has 100 valence electrons. The second-order valence-corrected chi connectivity index (χ2v) is 5.39. The molecule has 0 bridgehead atoms. The van der Waals surface area contributed by atoms with Gasteiger partial charge in [0.2, 0.25) is 0 Å². The van der Waals surface area contributed by atoms with Crippen LogP contribution in [-0.4, -0.2) is 62.7 Å². The Morgan fingerprint density at radius 3 is 2.71 bits per heavy atom. The summed E-state index contributed by atoms with van der Waals surface area (Å²) in [4.78, 5) is 2.47. The average molecular weight is 243 g/mol. The number of hydrogen-bond acceptors (Lipinski definition) is 4. The van der Waals surface area contributed by atoms with E-state index in [0.29, 0.717) is 12.5 Å². The van der Waals surface area contributed by atoms with Gasteiger partial charge in [-0.25, -0.2) is 0 Å². The molecule has 0 aliphatic carbocycles. The van der Waals surface area contributed by atoms with Crippen LogP contribution >= 0.6 is 0 Å². The number of piperidine rings is 1. The summed E-state index contributed by atoms with van der Waals surface area (Å²) in [5.74, 6) is 1.03. The topological polar surface area (TPSA) is 41.9 Å². The van der Waals surface area contributed by atoms with Crippen molar-refractivity contribution in [2.75, 3.05) is 46.6 Å². The summed E-state index contributed by atoms with van der Waals surface area (Å²) in [6.45, 7) is 5.59. The van der Waals surface area contributed by atoms with E-state index in [0.717, 1.165) is 45.2 Å². The van der Waals surface area contributed by atoms with Gasteiger partial charge in [0.15, 0.2) is 0 Å². The molecule has 0 saturated carbocycles. The molecule has 2 aliphatic heterocycles. The van der Waals surface area contributed by atoms with Crippen molar-refractivity contribution in [3.63, 3.8) is 0 Å². The number of likely N-dealkylation sites (tertiary alicyclic amines) is 1. The third-order valence-corrected chi connectivity index (χ3v) is 4.04. The molecule has 0 amide bonds. The molecule has 0 spiro atoms. The summed E-state index contributed by atoms with van der Waals surface area (Å²) < 4.78 is 10.7. The molecule has 4 heteroatoms. The quantitative estimate of drug-likeness (QED) is 0.791. The van der Waals surface area contributed by atoms with Gasteiger partial charge in [0, 0.05) is 32.8 Å². The molecule has 0 aromatic carbocycles. The zero-order chi connectivity index (χ0) is 12.1. The smallest absolute Gasteiger partial charge is 0.0624 e.